The molecular weight excluding hydrogens is 378 g/mol. The van der Waals surface area contributed by atoms with Crippen molar-refractivity contribution in [2.75, 3.05) is 24.8 Å². The standard InChI is InChI=1S/C19H23N5O3S/c1-12-9-21-17(27-3)8-16(12)28(25,26)10-13-6-14(7-13)24(2)19-15-4-5-20-18(15)22-11-23-19/h4-5,8-9,11,13-14H,6-7,10H2,1-3H3,(H,20,22,23). The van der Waals surface area contributed by atoms with Gasteiger partial charge >= 0.3 is 0 Å². The minimum atomic E-state index is -3.39. The van der Waals surface area contributed by atoms with Gasteiger partial charge in [0.05, 0.1) is 23.1 Å². The molecular formula is C19H23N5O3S. The summed E-state index contributed by atoms with van der Waals surface area (Å²) in [5.41, 5.74) is 1.45. The molecule has 0 bridgehead atoms. The molecule has 8 nitrogen and oxygen atoms in total. The van der Waals surface area contributed by atoms with Crippen molar-refractivity contribution >= 4 is 26.7 Å². The summed E-state index contributed by atoms with van der Waals surface area (Å²) in [4.78, 5) is 18.2. The van der Waals surface area contributed by atoms with Crippen LogP contribution in [-0.4, -0.2) is 54.3 Å². The Kier molecular flexibility index (Phi) is 4.70. The Bertz CT molecular complexity index is 1110. The lowest BCUT2D eigenvalue weighted by atomic mass is 9.81. The maximum absolute atomic E-state index is 12.9. The summed E-state index contributed by atoms with van der Waals surface area (Å²) in [7, 11) is 0.0909. The van der Waals surface area contributed by atoms with Gasteiger partial charge in [0.2, 0.25) is 5.88 Å². The number of methoxy groups -OCH3 is 1. The number of nitrogens with zero attached hydrogens (tertiary/aromatic N) is 4. The molecule has 0 saturated heterocycles. The zero-order chi connectivity index (χ0) is 19.9. The predicted molar refractivity (Wildman–Crippen MR) is 106 cm³/mol. The highest BCUT2D eigenvalue weighted by Crippen LogP contribution is 2.37. The molecule has 28 heavy (non-hydrogen) atoms. The van der Waals surface area contributed by atoms with Crippen molar-refractivity contribution in [3.63, 3.8) is 0 Å². The Morgan fingerprint density at radius 2 is 2.07 bits per heavy atom. The van der Waals surface area contributed by atoms with Crippen molar-refractivity contribution in [2.24, 2.45) is 5.92 Å². The summed E-state index contributed by atoms with van der Waals surface area (Å²) in [6.45, 7) is 1.76. The average Bonchev–Trinajstić information content (AvgIpc) is 3.13. The lowest BCUT2D eigenvalue weighted by molar-refractivity contribution is 0.282. The summed E-state index contributed by atoms with van der Waals surface area (Å²) in [5.74, 6) is 1.44. The van der Waals surface area contributed by atoms with Crippen LogP contribution in [0.1, 0.15) is 18.4 Å². The Hall–Kier alpha value is -2.68. The lowest BCUT2D eigenvalue weighted by Crippen LogP contribution is -2.45. The van der Waals surface area contributed by atoms with Crippen molar-refractivity contribution < 1.29 is 13.2 Å². The number of H-pyrrole nitrogens is 1. The van der Waals surface area contributed by atoms with Crippen LogP contribution in [0.2, 0.25) is 0 Å². The van der Waals surface area contributed by atoms with Gasteiger partial charge < -0.3 is 14.6 Å². The van der Waals surface area contributed by atoms with Gasteiger partial charge in [-0.25, -0.2) is 23.4 Å². The quantitative estimate of drug-likeness (QED) is 0.676. The maximum Gasteiger partial charge on any atom is 0.214 e. The summed E-state index contributed by atoms with van der Waals surface area (Å²) >= 11 is 0. The largest absolute Gasteiger partial charge is 0.481 e. The van der Waals surface area contributed by atoms with Gasteiger partial charge in [-0.15, -0.1) is 0 Å². The summed E-state index contributed by atoms with van der Waals surface area (Å²) < 4.78 is 30.9. The molecule has 0 amide bonds. The Balaban J connectivity index is 1.45. The minimum absolute atomic E-state index is 0.125. The highest BCUT2D eigenvalue weighted by Gasteiger charge is 2.37. The number of nitrogens with one attached hydrogen (secondary N) is 1. The molecule has 3 aromatic heterocycles. The molecule has 1 saturated carbocycles. The number of hydrogen-bond acceptors (Lipinski definition) is 7. The fourth-order valence-electron chi connectivity index (χ4n) is 3.80. The topological polar surface area (TPSA) is 101 Å². The van der Waals surface area contributed by atoms with E-state index in [9.17, 15) is 8.42 Å². The third kappa shape index (κ3) is 3.30. The van der Waals surface area contributed by atoms with Gasteiger partial charge in [-0.1, -0.05) is 0 Å². The van der Waals surface area contributed by atoms with E-state index in [0.717, 1.165) is 29.7 Å². The third-order valence-electron chi connectivity index (χ3n) is 5.45. The van der Waals surface area contributed by atoms with Crippen LogP contribution in [-0.2, 0) is 9.84 Å². The highest BCUT2D eigenvalue weighted by atomic mass is 32.2. The predicted octanol–water partition coefficient (Wildman–Crippen LogP) is 2.36. The molecule has 4 rings (SSSR count). The summed E-state index contributed by atoms with van der Waals surface area (Å²) in [6, 6.07) is 3.74. The Morgan fingerprint density at radius 1 is 1.29 bits per heavy atom. The van der Waals surface area contributed by atoms with E-state index in [1.165, 1.54) is 13.2 Å². The second kappa shape index (κ2) is 7.05. The summed E-state index contributed by atoms with van der Waals surface area (Å²) in [6.07, 6.45) is 6.56. The first-order valence-corrected chi connectivity index (χ1v) is 10.8. The first kappa shape index (κ1) is 18.7. The number of aromatic amines is 1. The first-order chi connectivity index (χ1) is 13.4. The lowest BCUT2D eigenvalue weighted by Gasteiger charge is -2.41. The normalized spacial score (nSPS) is 19.4. The van der Waals surface area contributed by atoms with Crippen LogP contribution in [0.4, 0.5) is 5.82 Å². The molecule has 0 unspecified atom stereocenters. The molecule has 3 heterocycles. The number of hydrogen-bond donors (Lipinski definition) is 1. The zero-order valence-corrected chi connectivity index (χ0v) is 16.9. The molecule has 0 aliphatic heterocycles. The van der Waals surface area contributed by atoms with Gasteiger partial charge in [-0.05, 0) is 37.3 Å². The van der Waals surface area contributed by atoms with Crippen LogP contribution in [0.3, 0.4) is 0 Å². The molecule has 0 radical (unpaired) electrons. The van der Waals surface area contributed by atoms with Gasteiger partial charge in [0.25, 0.3) is 0 Å². The number of aromatic nitrogens is 4. The third-order valence-corrected chi connectivity index (χ3v) is 7.47. The molecule has 9 heteroatoms. The summed E-state index contributed by atoms with van der Waals surface area (Å²) in [5, 5.41) is 0.973. The molecule has 1 aliphatic rings. The highest BCUT2D eigenvalue weighted by molar-refractivity contribution is 7.91. The van der Waals surface area contributed by atoms with Crippen LogP contribution in [0.15, 0.2) is 35.7 Å². The van der Waals surface area contributed by atoms with Crippen molar-refractivity contribution in [1.82, 2.24) is 19.9 Å². The van der Waals surface area contributed by atoms with E-state index in [-0.39, 0.29) is 17.7 Å². The van der Waals surface area contributed by atoms with Gasteiger partial charge in [0.1, 0.15) is 17.8 Å². The average molecular weight is 401 g/mol. The van der Waals surface area contributed by atoms with Crippen LogP contribution in [0.25, 0.3) is 11.0 Å². The number of aryl methyl sites for hydroxylation is 1. The van der Waals surface area contributed by atoms with E-state index in [2.05, 4.69) is 24.8 Å². The van der Waals surface area contributed by atoms with Gasteiger partial charge in [0, 0.05) is 31.5 Å². The van der Waals surface area contributed by atoms with E-state index in [0.29, 0.717) is 16.3 Å². The number of ether oxygens (including phenoxy) is 1. The van der Waals surface area contributed by atoms with E-state index >= 15 is 0 Å². The molecule has 1 fully saturated rings. The number of anilines is 1. The monoisotopic (exact) mass is 401 g/mol. The number of fused-ring (bicyclic) bond motifs is 1. The Labute approximate surface area is 163 Å². The molecule has 148 valence electrons. The first-order valence-electron chi connectivity index (χ1n) is 9.13. The van der Waals surface area contributed by atoms with Crippen molar-refractivity contribution in [1.29, 1.82) is 0 Å². The van der Waals surface area contributed by atoms with Crippen LogP contribution < -0.4 is 9.64 Å². The smallest absolute Gasteiger partial charge is 0.214 e. The molecule has 3 aromatic rings. The fourth-order valence-corrected chi connectivity index (χ4v) is 5.70. The number of rotatable bonds is 6. The van der Waals surface area contributed by atoms with Gasteiger partial charge in [0.15, 0.2) is 9.84 Å². The van der Waals surface area contributed by atoms with Crippen LogP contribution >= 0.6 is 0 Å². The van der Waals surface area contributed by atoms with E-state index in [1.54, 1.807) is 19.4 Å². The number of sulfone groups is 1. The van der Waals surface area contributed by atoms with Crippen molar-refractivity contribution in [3.8, 4) is 5.88 Å². The molecule has 0 atom stereocenters. The van der Waals surface area contributed by atoms with Crippen LogP contribution in [0.5, 0.6) is 5.88 Å². The SMILES string of the molecule is COc1cc(S(=O)(=O)CC2CC(N(C)c3ncnc4[nH]ccc34)C2)c(C)cn1. The maximum atomic E-state index is 12.9. The number of pyridine rings is 1. The second-order valence-electron chi connectivity index (χ2n) is 7.31. The molecule has 0 aromatic carbocycles. The van der Waals surface area contributed by atoms with Crippen molar-refractivity contribution in [3.05, 3.63) is 36.4 Å². The van der Waals surface area contributed by atoms with Gasteiger partial charge in [-0.2, -0.15) is 0 Å². The van der Waals surface area contributed by atoms with Crippen molar-refractivity contribution in [2.45, 2.75) is 30.7 Å². The van der Waals surface area contributed by atoms with Crippen LogP contribution in [0, 0.1) is 12.8 Å². The molecule has 1 aliphatic carbocycles. The Morgan fingerprint density at radius 3 is 2.82 bits per heavy atom. The second-order valence-corrected chi connectivity index (χ2v) is 9.32. The minimum Gasteiger partial charge on any atom is -0.481 e. The van der Waals surface area contributed by atoms with E-state index in [4.69, 9.17) is 4.74 Å². The fraction of sp³-hybridized carbons (Fsp3) is 0.421. The van der Waals surface area contributed by atoms with Gasteiger partial charge in [-0.3, -0.25) is 0 Å². The van der Waals surface area contributed by atoms with E-state index < -0.39 is 9.84 Å². The molecule has 0 spiro atoms. The molecule has 1 N–H and O–H groups in total. The van der Waals surface area contributed by atoms with E-state index in [1.807, 2.05) is 19.3 Å². The zero-order valence-electron chi connectivity index (χ0n) is 16.1.